The van der Waals surface area contributed by atoms with Crippen molar-refractivity contribution >= 4 is 29.3 Å². The minimum Gasteiger partial charge on any atom is -0.478 e. The summed E-state index contributed by atoms with van der Waals surface area (Å²) in [5, 5.41) is 8.59. The first kappa shape index (κ1) is 14.7. The molecule has 1 amide bonds. The Kier molecular flexibility index (Phi) is 4.57. The lowest BCUT2D eigenvalue weighted by atomic mass is 10.2. The van der Waals surface area contributed by atoms with Crippen LogP contribution in [0.3, 0.4) is 0 Å². The van der Waals surface area contributed by atoms with Crippen molar-refractivity contribution < 1.29 is 14.7 Å². The minimum atomic E-state index is -0.987. The largest absolute Gasteiger partial charge is 0.478 e. The van der Waals surface area contributed by atoms with E-state index in [4.69, 9.17) is 5.11 Å². The first-order valence-corrected chi connectivity index (χ1v) is 7.29. The molecule has 0 saturated carbocycles. The molecule has 0 aromatic carbocycles. The molecule has 1 saturated heterocycles. The standard InChI is InChI=1S/C14H18N2O3S/c1-10-9-16(8-7-15(10)2)14(19)12-5-3-11(20-12)4-6-13(17)18/h3-6,10H,7-9H2,1-2H3,(H,17,18). The van der Waals surface area contributed by atoms with Crippen molar-refractivity contribution in [3.05, 3.63) is 28.0 Å². The van der Waals surface area contributed by atoms with E-state index in [0.717, 1.165) is 30.6 Å². The van der Waals surface area contributed by atoms with Gasteiger partial charge in [-0.1, -0.05) is 0 Å². The van der Waals surface area contributed by atoms with E-state index in [1.807, 2.05) is 4.90 Å². The highest BCUT2D eigenvalue weighted by Gasteiger charge is 2.25. The first-order chi connectivity index (χ1) is 9.47. The maximum atomic E-state index is 12.4. The van der Waals surface area contributed by atoms with E-state index in [0.29, 0.717) is 10.9 Å². The monoisotopic (exact) mass is 294 g/mol. The molecule has 0 bridgehead atoms. The average Bonchev–Trinajstić information content (AvgIpc) is 2.87. The number of hydrogen-bond acceptors (Lipinski definition) is 4. The Hall–Kier alpha value is -1.66. The van der Waals surface area contributed by atoms with Gasteiger partial charge >= 0.3 is 5.97 Å². The van der Waals surface area contributed by atoms with Gasteiger partial charge < -0.3 is 14.9 Å². The molecular weight excluding hydrogens is 276 g/mol. The molecule has 2 rings (SSSR count). The quantitative estimate of drug-likeness (QED) is 0.861. The van der Waals surface area contributed by atoms with Gasteiger partial charge in [-0.25, -0.2) is 4.79 Å². The van der Waals surface area contributed by atoms with Crippen molar-refractivity contribution in [2.24, 2.45) is 0 Å². The van der Waals surface area contributed by atoms with E-state index in [2.05, 4.69) is 18.9 Å². The Balaban J connectivity index is 2.04. The van der Waals surface area contributed by atoms with Gasteiger partial charge in [0.05, 0.1) is 4.88 Å². The molecule has 20 heavy (non-hydrogen) atoms. The Bertz CT molecular complexity index is 538. The maximum Gasteiger partial charge on any atom is 0.328 e. The fourth-order valence-corrected chi connectivity index (χ4v) is 2.98. The average molecular weight is 294 g/mol. The zero-order chi connectivity index (χ0) is 14.7. The predicted octanol–water partition coefficient (Wildman–Crippen LogP) is 1.62. The highest BCUT2D eigenvalue weighted by atomic mass is 32.1. The van der Waals surface area contributed by atoms with Crippen LogP contribution in [0.5, 0.6) is 0 Å². The smallest absolute Gasteiger partial charge is 0.328 e. The van der Waals surface area contributed by atoms with Crippen molar-refractivity contribution in [1.29, 1.82) is 0 Å². The second kappa shape index (κ2) is 6.19. The van der Waals surface area contributed by atoms with Crippen LogP contribution in [-0.4, -0.2) is 59.5 Å². The van der Waals surface area contributed by atoms with Crippen molar-refractivity contribution in [2.75, 3.05) is 26.7 Å². The number of carboxylic acid groups (broad SMARTS) is 1. The van der Waals surface area contributed by atoms with Crippen LogP contribution in [0.1, 0.15) is 21.5 Å². The number of carboxylic acids is 1. The van der Waals surface area contributed by atoms with E-state index in [-0.39, 0.29) is 5.91 Å². The topological polar surface area (TPSA) is 60.9 Å². The molecular formula is C14H18N2O3S. The molecule has 5 nitrogen and oxygen atoms in total. The van der Waals surface area contributed by atoms with Gasteiger partial charge in [0.25, 0.3) is 5.91 Å². The van der Waals surface area contributed by atoms with Gasteiger partial charge in [-0.05, 0) is 32.2 Å². The van der Waals surface area contributed by atoms with Gasteiger partial charge in [0.2, 0.25) is 0 Å². The SMILES string of the molecule is CC1CN(C(=O)c2ccc(C=CC(=O)O)s2)CCN1C. The minimum absolute atomic E-state index is 0.0323. The summed E-state index contributed by atoms with van der Waals surface area (Å²) >= 11 is 1.32. The third-order valence-electron chi connectivity index (χ3n) is 3.47. The number of piperazine rings is 1. The molecule has 1 N–H and O–H groups in total. The number of carbonyl (C=O) groups is 2. The van der Waals surface area contributed by atoms with Gasteiger partial charge in [-0.15, -0.1) is 11.3 Å². The Morgan fingerprint density at radius 1 is 1.40 bits per heavy atom. The molecule has 2 heterocycles. The Labute approximate surface area is 122 Å². The predicted molar refractivity (Wildman–Crippen MR) is 79.0 cm³/mol. The number of aliphatic carboxylic acids is 1. The Morgan fingerprint density at radius 3 is 2.80 bits per heavy atom. The lowest BCUT2D eigenvalue weighted by molar-refractivity contribution is -0.131. The molecule has 1 aliphatic heterocycles. The molecule has 0 spiro atoms. The molecule has 1 unspecified atom stereocenters. The van der Waals surface area contributed by atoms with E-state index in [1.165, 1.54) is 17.4 Å². The van der Waals surface area contributed by atoms with Crippen LogP contribution >= 0.6 is 11.3 Å². The maximum absolute atomic E-state index is 12.4. The lowest BCUT2D eigenvalue weighted by Crippen LogP contribution is -2.51. The fraction of sp³-hybridized carbons (Fsp3) is 0.429. The summed E-state index contributed by atoms with van der Waals surface area (Å²) in [6.07, 6.45) is 2.59. The summed E-state index contributed by atoms with van der Waals surface area (Å²) in [5.74, 6) is -0.955. The van der Waals surface area contributed by atoms with Crippen molar-refractivity contribution in [1.82, 2.24) is 9.80 Å². The normalized spacial score (nSPS) is 20.5. The zero-order valence-corrected chi connectivity index (χ0v) is 12.4. The number of thiophene rings is 1. The summed E-state index contributed by atoms with van der Waals surface area (Å²) in [6.45, 7) is 4.45. The molecule has 0 radical (unpaired) electrons. The summed E-state index contributed by atoms with van der Waals surface area (Å²) in [4.78, 5) is 28.4. The first-order valence-electron chi connectivity index (χ1n) is 6.47. The van der Waals surface area contributed by atoms with E-state index >= 15 is 0 Å². The molecule has 1 atom stereocenters. The number of likely N-dealkylation sites (N-methyl/N-ethyl adjacent to an activating group) is 1. The molecule has 0 aliphatic carbocycles. The van der Waals surface area contributed by atoms with E-state index in [1.54, 1.807) is 12.1 Å². The second-order valence-electron chi connectivity index (χ2n) is 4.95. The van der Waals surface area contributed by atoms with Crippen molar-refractivity contribution in [3.8, 4) is 0 Å². The molecule has 1 aromatic rings. The van der Waals surface area contributed by atoms with Crippen LogP contribution in [0.2, 0.25) is 0 Å². The third kappa shape index (κ3) is 3.46. The highest BCUT2D eigenvalue weighted by molar-refractivity contribution is 7.14. The van der Waals surface area contributed by atoms with Gasteiger partial charge in [-0.2, -0.15) is 0 Å². The van der Waals surface area contributed by atoms with E-state index in [9.17, 15) is 9.59 Å². The van der Waals surface area contributed by atoms with E-state index < -0.39 is 5.97 Å². The Morgan fingerprint density at radius 2 is 2.15 bits per heavy atom. The number of amides is 1. The van der Waals surface area contributed by atoms with Gasteiger partial charge in [0, 0.05) is 36.6 Å². The third-order valence-corrected chi connectivity index (χ3v) is 4.51. The lowest BCUT2D eigenvalue weighted by Gasteiger charge is -2.37. The van der Waals surface area contributed by atoms with Crippen LogP contribution in [0.4, 0.5) is 0 Å². The van der Waals surface area contributed by atoms with Crippen LogP contribution in [0.25, 0.3) is 6.08 Å². The van der Waals surface area contributed by atoms with Gasteiger partial charge in [0.1, 0.15) is 0 Å². The molecule has 1 aromatic heterocycles. The summed E-state index contributed by atoms with van der Waals surface area (Å²) < 4.78 is 0. The van der Waals surface area contributed by atoms with Crippen molar-refractivity contribution in [2.45, 2.75) is 13.0 Å². The highest BCUT2D eigenvalue weighted by Crippen LogP contribution is 2.21. The zero-order valence-electron chi connectivity index (χ0n) is 11.6. The second-order valence-corrected chi connectivity index (χ2v) is 6.07. The van der Waals surface area contributed by atoms with Crippen molar-refractivity contribution in [3.63, 3.8) is 0 Å². The number of nitrogens with zero attached hydrogens (tertiary/aromatic N) is 2. The summed E-state index contributed by atoms with van der Waals surface area (Å²) in [6, 6.07) is 3.90. The number of hydrogen-bond donors (Lipinski definition) is 1. The molecule has 1 fully saturated rings. The molecule has 6 heteroatoms. The molecule has 1 aliphatic rings. The van der Waals surface area contributed by atoms with Crippen LogP contribution < -0.4 is 0 Å². The van der Waals surface area contributed by atoms with Crippen LogP contribution in [0, 0.1) is 0 Å². The number of rotatable bonds is 3. The fourth-order valence-electron chi connectivity index (χ4n) is 2.10. The molecule has 108 valence electrons. The number of carbonyl (C=O) groups excluding carboxylic acids is 1. The van der Waals surface area contributed by atoms with Crippen LogP contribution in [0.15, 0.2) is 18.2 Å². The van der Waals surface area contributed by atoms with Crippen LogP contribution in [-0.2, 0) is 4.79 Å². The summed E-state index contributed by atoms with van der Waals surface area (Å²) in [5.41, 5.74) is 0. The van der Waals surface area contributed by atoms with Gasteiger partial charge in [0.15, 0.2) is 0 Å². The summed E-state index contributed by atoms with van der Waals surface area (Å²) in [7, 11) is 2.06. The van der Waals surface area contributed by atoms with Gasteiger partial charge in [-0.3, -0.25) is 4.79 Å².